The van der Waals surface area contributed by atoms with Crippen LogP contribution in [-0.2, 0) is 4.79 Å². The Labute approximate surface area is 246 Å². The van der Waals surface area contributed by atoms with E-state index >= 15 is 0 Å². The highest BCUT2D eigenvalue weighted by atomic mass is 16.2. The molecule has 3 nitrogen and oxygen atoms in total. The van der Waals surface area contributed by atoms with Gasteiger partial charge in [0.2, 0.25) is 5.91 Å². The summed E-state index contributed by atoms with van der Waals surface area (Å²) in [7, 11) is 0. The number of nitrogens with two attached hydrogens (primary N) is 1. The number of carbonyl (C=O) groups is 1. The van der Waals surface area contributed by atoms with Crippen molar-refractivity contribution in [3.05, 3.63) is 12.2 Å². The fourth-order valence-electron chi connectivity index (χ4n) is 5.54. The van der Waals surface area contributed by atoms with Crippen molar-refractivity contribution >= 4 is 5.91 Å². The number of unbranched alkanes of at least 4 members (excludes halogenated alkanes) is 25. The molecular weight excluding hydrogens is 476 g/mol. The Kier molecular flexibility index (Phi) is 32.7. The summed E-state index contributed by atoms with van der Waals surface area (Å²) >= 11 is 0. The Bertz CT molecular complexity index is 504. The van der Waals surface area contributed by atoms with Crippen LogP contribution in [0.1, 0.15) is 194 Å². The molecule has 0 radical (unpaired) electrons. The van der Waals surface area contributed by atoms with Crippen molar-refractivity contribution in [2.24, 2.45) is 5.73 Å². The Balaban J connectivity index is 3.54. The summed E-state index contributed by atoms with van der Waals surface area (Å²) in [6.45, 7) is 6.53. The van der Waals surface area contributed by atoms with Crippen molar-refractivity contribution in [1.82, 2.24) is 4.90 Å². The minimum Gasteiger partial charge on any atom is -0.342 e. The topological polar surface area (TPSA) is 46.3 Å². The van der Waals surface area contributed by atoms with Crippen LogP contribution in [0.3, 0.4) is 0 Å². The first-order chi connectivity index (χ1) is 19.3. The Hall–Kier alpha value is -0.830. The van der Waals surface area contributed by atoms with E-state index in [1.165, 1.54) is 167 Å². The van der Waals surface area contributed by atoms with Gasteiger partial charge < -0.3 is 10.6 Å². The summed E-state index contributed by atoms with van der Waals surface area (Å²) < 4.78 is 0. The molecule has 0 saturated carbocycles. The van der Waals surface area contributed by atoms with Crippen LogP contribution in [0.25, 0.3) is 0 Å². The van der Waals surface area contributed by atoms with Gasteiger partial charge in [-0.25, -0.2) is 0 Å². The van der Waals surface area contributed by atoms with Crippen LogP contribution in [0.4, 0.5) is 0 Å². The highest BCUT2D eigenvalue weighted by Crippen LogP contribution is 2.14. The minimum atomic E-state index is 0.137. The molecule has 3 heteroatoms. The maximum Gasteiger partial charge on any atom is 0.236 e. The predicted molar refractivity (Wildman–Crippen MR) is 175 cm³/mol. The summed E-state index contributed by atoms with van der Waals surface area (Å²) in [6, 6.07) is 0. The first-order valence-electron chi connectivity index (χ1n) is 17.9. The number of hydrogen-bond acceptors (Lipinski definition) is 2. The Morgan fingerprint density at radius 2 is 0.744 bits per heavy atom. The maximum absolute atomic E-state index is 12.3. The van der Waals surface area contributed by atoms with Crippen LogP contribution < -0.4 is 5.73 Å². The molecule has 0 spiro atoms. The molecule has 0 bridgehead atoms. The van der Waals surface area contributed by atoms with Crippen LogP contribution >= 0.6 is 0 Å². The van der Waals surface area contributed by atoms with E-state index in [1.807, 2.05) is 4.90 Å². The van der Waals surface area contributed by atoms with E-state index in [0.29, 0.717) is 0 Å². The van der Waals surface area contributed by atoms with Gasteiger partial charge in [-0.15, -0.1) is 0 Å². The van der Waals surface area contributed by atoms with E-state index in [9.17, 15) is 4.79 Å². The summed E-state index contributed by atoms with van der Waals surface area (Å²) in [4.78, 5) is 14.3. The van der Waals surface area contributed by atoms with Crippen LogP contribution in [-0.4, -0.2) is 30.4 Å². The van der Waals surface area contributed by atoms with E-state index < -0.39 is 0 Å². The van der Waals surface area contributed by atoms with Crippen molar-refractivity contribution in [1.29, 1.82) is 0 Å². The van der Waals surface area contributed by atoms with Crippen molar-refractivity contribution in [2.75, 3.05) is 19.6 Å². The standard InChI is InChI=1S/C36H72N2O/c1-3-5-7-9-11-13-15-17-19-20-22-24-26-28-30-32-34-38(36(39)35-37)33-31-29-27-25-23-21-18-16-14-12-10-8-6-4-2/h17,19H,3-16,18,20-35,37H2,1-2H3. The van der Waals surface area contributed by atoms with E-state index in [2.05, 4.69) is 26.0 Å². The molecule has 1 amide bonds. The molecule has 2 N–H and O–H groups in total. The molecule has 0 atom stereocenters. The number of hydrogen-bond donors (Lipinski definition) is 1. The highest BCUT2D eigenvalue weighted by Gasteiger charge is 2.10. The summed E-state index contributed by atoms with van der Waals surface area (Å²) in [5.41, 5.74) is 5.69. The van der Waals surface area contributed by atoms with E-state index in [0.717, 1.165) is 25.9 Å². The molecule has 0 aromatic heterocycles. The quantitative estimate of drug-likeness (QED) is 0.0671. The number of carbonyl (C=O) groups excluding carboxylic acids is 1. The first kappa shape index (κ1) is 38.2. The Morgan fingerprint density at radius 1 is 0.462 bits per heavy atom. The first-order valence-corrected chi connectivity index (χ1v) is 17.9. The van der Waals surface area contributed by atoms with Crippen LogP contribution in [0.15, 0.2) is 12.2 Å². The number of rotatable bonds is 32. The van der Waals surface area contributed by atoms with Crippen LogP contribution in [0.5, 0.6) is 0 Å². The van der Waals surface area contributed by atoms with Crippen LogP contribution in [0, 0.1) is 0 Å². The molecule has 39 heavy (non-hydrogen) atoms. The average Bonchev–Trinajstić information content (AvgIpc) is 2.95. The molecule has 0 aliphatic rings. The van der Waals surface area contributed by atoms with Crippen molar-refractivity contribution in [2.45, 2.75) is 194 Å². The van der Waals surface area contributed by atoms with E-state index in [4.69, 9.17) is 5.73 Å². The van der Waals surface area contributed by atoms with Gasteiger partial charge in [0.15, 0.2) is 0 Å². The monoisotopic (exact) mass is 549 g/mol. The van der Waals surface area contributed by atoms with Crippen molar-refractivity contribution < 1.29 is 4.79 Å². The van der Waals surface area contributed by atoms with Crippen LogP contribution in [0.2, 0.25) is 0 Å². The second-order valence-corrected chi connectivity index (χ2v) is 12.1. The smallest absolute Gasteiger partial charge is 0.236 e. The molecule has 0 heterocycles. The number of nitrogens with zero attached hydrogens (tertiary/aromatic N) is 1. The number of amides is 1. The second kappa shape index (κ2) is 33.4. The van der Waals surface area contributed by atoms with Crippen molar-refractivity contribution in [3.8, 4) is 0 Å². The third-order valence-electron chi connectivity index (χ3n) is 8.25. The molecule has 0 rings (SSSR count). The van der Waals surface area contributed by atoms with Gasteiger partial charge in [0, 0.05) is 13.1 Å². The summed E-state index contributed by atoms with van der Waals surface area (Å²) in [5, 5.41) is 0. The van der Waals surface area contributed by atoms with E-state index in [1.54, 1.807) is 0 Å². The summed E-state index contributed by atoms with van der Waals surface area (Å²) in [5.74, 6) is 0.137. The van der Waals surface area contributed by atoms with Gasteiger partial charge in [-0.2, -0.15) is 0 Å². The van der Waals surface area contributed by atoms with E-state index in [-0.39, 0.29) is 12.5 Å². The zero-order valence-electron chi connectivity index (χ0n) is 27.0. The summed E-state index contributed by atoms with van der Waals surface area (Å²) in [6.07, 6.45) is 42.5. The fourth-order valence-corrected chi connectivity index (χ4v) is 5.54. The third-order valence-corrected chi connectivity index (χ3v) is 8.25. The molecule has 0 saturated heterocycles. The predicted octanol–water partition coefficient (Wildman–Crippen LogP) is 11.3. The van der Waals surface area contributed by atoms with Gasteiger partial charge in [-0.3, -0.25) is 4.79 Å². The lowest BCUT2D eigenvalue weighted by Crippen LogP contribution is -2.37. The zero-order valence-corrected chi connectivity index (χ0v) is 27.0. The SMILES string of the molecule is CCCCCCCCC=CCCCCCCCCN(CCCCCCCCCCCCCCCC)C(=O)CN. The third kappa shape index (κ3) is 30.0. The lowest BCUT2D eigenvalue weighted by Gasteiger charge is -2.22. The van der Waals surface area contributed by atoms with Gasteiger partial charge >= 0.3 is 0 Å². The second-order valence-electron chi connectivity index (χ2n) is 12.1. The number of allylic oxidation sites excluding steroid dienone is 2. The Morgan fingerprint density at radius 3 is 1.05 bits per heavy atom. The average molecular weight is 549 g/mol. The molecule has 0 aliphatic carbocycles. The molecule has 0 aliphatic heterocycles. The minimum absolute atomic E-state index is 0.137. The molecule has 0 aromatic carbocycles. The lowest BCUT2D eigenvalue weighted by molar-refractivity contribution is -0.129. The lowest BCUT2D eigenvalue weighted by atomic mass is 10.0. The largest absolute Gasteiger partial charge is 0.342 e. The van der Waals surface area contributed by atoms with Gasteiger partial charge in [-0.05, 0) is 38.5 Å². The molecule has 0 aromatic rings. The fraction of sp³-hybridized carbons (Fsp3) is 0.917. The van der Waals surface area contributed by atoms with Gasteiger partial charge in [0.25, 0.3) is 0 Å². The van der Waals surface area contributed by atoms with Gasteiger partial charge in [-0.1, -0.05) is 167 Å². The molecule has 0 fully saturated rings. The van der Waals surface area contributed by atoms with Gasteiger partial charge in [0.1, 0.15) is 0 Å². The van der Waals surface area contributed by atoms with Crippen molar-refractivity contribution in [3.63, 3.8) is 0 Å². The highest BCUT2D eigenvalue weighted by molar-refractivity contribution is 5.77. The zero-order chi connectivity index (χ0) is 28.5. The maximum atomic E-state index is 12.3. The molecule has 0 unspecified atom stereocenters. The molecular formula is C36H72N2O. The van der Waals surface area contributed by atoms with Gasteiger partial charge in [0.05, 0.1) is 6.54 Å². The normalized spacial score (nSPS) is 11.6. The molecule has 232 valence electrons.